The molecule has 2 nitrogen and oxygen atoms in total. The standard InChI is InChI=1S/C18H26FNO/c1-13(2)11-17(21)20-10-9-16(18(3,4)12-20)14-5-7-15(19)8-6-14/h5-8,13,16H,9-12H2,1-4H3. The van der Waals surface area contributed by atoms with Crippen LogP contribution in [0.2, 0.25) is 0 Å². The molecule has 1 aromatic carbocycles. The van der Waals surface area contributed by atoms with E-state index in [9.17, 15) is 9.18 Å². The molecule has 21 heavy (non-hydrogen) atoms. The number of carbonyl (C=O) groups excluding carboxylic acids is 1. The van der Waals surface area contributed by atoms with Crippen LogP contribution in [-0.4, -0.2) is 23.9 Å². The van der Waals surface area contributed by atoms with Gasteiger partial charge in [0, 0.05) is 19.5 Å². The van der Waals surface area contributed by atoms with Gasteiger partial charge in [-0.1, -0.05) is 39.8 Å². The highest BCUT2D eigenvalue weighted by atomic mass is 19.1. The molecule has 1 unspecified atom stereocenters. The van der Waals surface area contributed by atoms with Gasteiger partial charge in [-0.25, -0.2) is 4.39 Å². The van der Waals surface area contributed by atoms with Crippen LogP contribution in [-0.2, 0) is 4.79 Å². The zero-order valence-electron chi connectivity index (χ0n) is 13.5. The van der Waals surface area contributed by atoms with Crippen molar-refractivity contribution in [3.8, 4) is 0 Å². The Bertz CT molecular complexity index is 492. The van der Waals surface area contributed by atoms with Gasteiger partial charge in [0.1, 0.15) is 5.82 Å². The van der Waals surface area contributed by atoms with Crippen molar-refractivity contribution in [1.82, 2.24) is 4.90 Å². The van der Waals surface area contributed by atoms with Crippen molar-refractivity contribution in [2.75, 3.05) is 13.1 Å². The molecule has 1 aliphatic rings. The number of amides is 1. The van der Waals surface area contributed by atoms with Gasteiger partial charge in [0.2, 0.25) is 5.91 Å². The summed E-state index contributed by atoms with van der Waals surface area (Å²) < 4.78 is 13.1. The summed E-state index contributed by atoms with van der Waals surface area (Å²) in [5.41, 5.74) is 1.19. The summed E-state index contributed by atoms with van der Waals surface area (Å²) in [6, 6.07) is 6.82. The molecule has 3 heteroatoms. The maximum absolute atomic E-state index is 13.1. The summed E-state index contributed by atoms with van der Waals surface area (Å²) in [6.45, 7) is 10.1. The second-order valence-electron chi connectivity index (χ2n) is 7.29. The number of likely N-dealkylation sites (tertiary alicyclic amines) is 1. The van der Waals surface area contributed by atoms with E-state index in [1.165, 1.54) is 17.7 Å². The first-order valence-corrected chi connectivity index (χ1v) is 7.83. The van der Waals surface area contributed by atoms with Crippen molar-refractivity contribution < 1.29 is 9.18 Å². The molecule has 2 rings (SSSR count). The van der Waals surface area contributed by atoms with E-state index in [0.29, 0.717) is 18.3 Å². The molecule has 0 bridgehead atoms. The Balaban J connectivity index is 2.09. The van der Waals surface area contributed by atoms with E-state index in [4.69, 9.17) is 0 Å². The van der Waals surface area contributed by atoms with E-state index < -0.39 is 0 Å². The van der Waals surface area contributed by atoms with Crippen molar-refractivity contribution in [2.45, 2.75) is 46.5 Å². The van der Waals surface area contributed by atoms with Crippen LogP contribution in [0.3, 0.4) is 0 Å². The largest absolute Gasteiger partial charge is 0.342 e. The number of hydrogen-bond acceptors (Lipinski definition) is 1. The van der Waals surface area contributed by atoms with Crippen molar-refractivity contribution >= 4 is 5.91 Å². The summed E-state index contributed by atoms with van der Waals surface area (Å²) in [6.07, 6.45) is 1.57. The number of carbonyl (C=O) groups is 1. The quantitative estimate of drug-likeness (QED) is 0.816. The molecular weight excluding hydrogens is 265 g/mol. The van der Waals surface area contributed by atoms with Crippen LogP contribution in [0.5, 0.6) is 0 Å². The lowest BCUT2D eigenvalue weighted by molar-refractivity contribution is -0.135. The summed E-state index contributed by atoms with van der Waals surface area (Å²) in [4.78, 5) is 14.3. The zero-order valence-corrected chi connectivity index (χ0v) is 13.5. The zero-order chi connectivity index (χ0) is 15.6. The van der Waals surface area contributed by atoms with Gasteiger partial charge in [-0.15, -0.1) is 0 Å². The Morgan fingerprint density at radius 3 is 2.48 bits per heavy atom. The van der Waals surface area contributed by atoms with Gasteiger partial charge in [-0.3, -0.25) is 4.79 Å². The first-order chi connectivity index (χ1) is 9.79. The molecule has 0 spiro atoms. The Hall–Kier alpha value is -1.38. The molecule has 1 aromatic rings. The van der Waals surface area contributed by atoms with Gasteiger partial charge in [0.15, 0.2) is 0 Å². The molecule has 0 aliphatic carbocycles. The lowest BCUT2D eigenvalue weighted by atomic mass is 9.70. The Labute approximate surface area is 127 Å². The number of nitrogens with zero attached hydrogens (tertiary/aromatic N) is 1. The van der Waals surface area contributed by atoms with Crippen molar-refractivity contribution in [3.63, 3.8) is 0 Å². The smallest absolute Gasteiger partial charge is 0.222 e. The number of halogens is 1. The Morgan fingerprint density at radius 2 is 1.95 bits per heavy atom. The molecule has 1 fully saturated rings. The van der Waals surface area contributed by atoms with Crippen molar-refractivity contribution in [1.29, 1.82) is 0 Å². The number of piperidine rings is 1. The molecule has 0 saturated carbocycles. The fourth-order valence-electron chi connectivity index (χ4n) is 3.36. The van der Waals surface area contributed by atoms with Crippen LogP contribution in [0.4, 0.5) is 4.39 Å². The topological polar surface area (TPSA) is 20.3 Å². The minimum atomic E-state index is -0.193. The Kier molecular flexibility index (Phi) is 4.70. The maximum Gasteiger partial charge on any atom is 0.222 e. The first kappa shape index (κ1) is 16.0. The molecule has 0 N–H and O–H groups in total. The summed E-state index contributed by atoms with van der Waals surface area (Å²) in [5, 5.41) is 0. The molecule has 1 saturated heterocycles. The maximum atomic E-state index is 13.1. The van der Waals surface area contributed by atoms with E-state index in [0.717, 1.165) is 19.5 Å². The van der Waals surface area contributed by atoms with E-state index >= 15 is 0 Å². The fraction of sp³-hybridized carbons (Fsp3) is 0.611. The van der Waals surface area contributed by atoms with Gasteiger partial charge in [0.05, 0.1) is 0 Å². The molecule has 0 aromatic heterocycles. The summed E-state index contributed by atoms with van der Waals surface area (Å²) >= 11 is 0. The van der Waals surface area contributed by atoms with Crippen molar-refractivity contribution in [2.24, 2.45) is 11.3 Å². The van der Waals surface area contributed by atoms with E-state index in [1.807, 2.05) is 17.0 Å². The average Bonchev–Trinajstić information content (AvgIpc) is 2.38. The van der Waals surface area contributed by atoms with Crippen LogP contribution in [0, 0.1) is 17.2 Å². The second kappa shape index (κ2) is 6.17. The first-order valence-electron chi connectivity index (χ1n) is 7.83. The van der Waals surface area contributed by atoms with Crippen LogP contribution in [0.25, 0.3) is 0 Å². The van der Waals surface area contributed by atoms with Crippen LogP contribution < -0.4 is 0 Å². The van der Waals surface area contributed by atoms with E-state index in [2.05, 4.69) is 27.7 Å². The van der Waals surface area contributed by atoms with Gasteiger partial charge >= 0.3 is 0 Å². The third-order valence-electron chi connectivity index (χ3n) is 4.44. The lowest BCUT2D eigenvalue weighted by Crippen LogP contribution is -2.47. The number of rotatable bonds is 3. The predicted molar refractivity (Wildman–Crippen MR) is 83.6 cm³/mol. The van der Waals surface area contributed by atoms with Crippen LogP contribution in [0.1, 0.15) is 52.0 Å². The summed E-state index contributed by atoms with van der Waals surface area (Å²) in [5.74, 6) is 0.841. The second-order valence-corrected chi connectivity index (χ2v) is 7.29. The van der Waals surface area contributed by atoms with Crippen LogP contribution >= 0.6 is 0 Å². The molecule has 1 atom stereocenters. The SMILES string of the molecule is CC(C)CC(=O)N1CCC(c2ccc(F)cc2)C(C)(C)C1. The number of hydrogen-bond donors (Lipinski definition) is 0. The Morgan fingerprint density at radius 1 is 1.33 bits per heavy atom. The predicted octanol–water partition coefficient (Wildman–Crippen LogP) is 4.21. The van der Waals surface area contributed by atoms with Crippen LogP contribution in [0.15, 0.2) is 24.3 Å². The van der Waals surface area contributed by atoms with Gasteiger partial charge < -0.3 is 4.90 Å². The fourth-order valence-corrected chi connectivity index (χ4v) is 3.36. The van der Waals surface area contributed by atoms with E-state index in [-0.39, 0.29) is 17.1 Å². The molecule has 1 amide bonds. The third kappa shape index (κ3) is 3.84. The monoisotopic (exact) mass is 291 g/mol. The van der Waals surface area contributed by atoms with E-state index in [1.54, 1.807) is 0 Å². The highest BCUT2D eigenvalue weighted by Crippen LogP contribution is 2.42. The van der Waals surface area contributed by atoms with Gasteiger partial charge in [0.25, 0.3) is 0 Å². The minimum absolute atomic E-state index is 0.0166. The molecule has 1 aliphatic heterocycles. The lowest BCUT2D eigenvalue weighted by Gasteiger charge is -2.45. The summed E-state index contributed by atoms with van der Waals surface area (Å²) in [7, 11) is 0. The highest BCUT2D eigenvalue weighted by Gasteiger charge is 2.38. The third-order valence-corrected chi connectivity index (χ3v) is 4.44. The molecule has 1 heterocycles. The minimum Gasteiger partial charge on any atom is -0.342 e. The van der Waals surface area contributed by atoms with Gasteiger partial charge in [-0.05, 0) is 41.4 Å². The molecule has 0 radical (unpaired) electrons. The molecular formula is C18H26FNO. The normalized spacial score (nSPS) is 21.6. The highest BCUT2D eigenvalue weighted by molar-refractivity contribution is 5.76. The van der Waals surface area contributed by atoms with Crippen molar-refractivity contribution in [3.05, 3.63) is 35.6 Å². The average molecular weight is 291 g/mol. The van der Waals surface area contributed by atoms with Gasteiger partial charge in [-0.2, -0.15) is 0 Å². The molecule has 116 valence electrons. The number of benzene rings is 1.